The van der Waals surface area contributed by atoms with E-state index in [4.69, 9.17) is 8.37 Å². The van der Waals surface area contributed by atoms with E-state index in [2.05, 4.69) is 4.98 Å². The van der Waals surface area contributed by atoms with Crippen LogP contribution >= 0.6 is 0 Å². The Morgan fingerprint density at radius 1 is 0.636 bits per heavy atom. The third-order valence-electron chi connectivity index (χ3n) is 5.14. The number of hydrogen-bond acceptors (Lipinski definition) is 6. The van der Waals surface area contributed by atoms with E-state index in [9.17, 15) is 25.9 Å². The third kappa shape index (κ3) is 4.10. The fraction of sp³-hybridized carbons (Fsp3) is 0. The van der Waals surface area contributed by atoms with Crippen LogP contribution in [-0.2, 0) is 20.8 Å². The number of H-pyrrole nitrogens is 1. The minimum atomic E-state index is -4.95. The number of hydrogen-bond donors (Lipinski definition) is 3. The Morgan fingerprint density at radius 3 is 1.94 bits per heavy atom. The predicted molar refractivity (Wildman–Crippen MR) is 123 cm³/mol. The van der Waals surface area contributed by atoms with Crippen LogP contribution in [-0.4, -0.2) is 30.9 Å². The van der Waals surface area contributed by atoms with Crippen molar-refractivity contribution in [2.24, 2.45) is 0 Å². The van der Waals surface area contributed by atoms with E-state index in [0.717, 1.165) is 10.8 Å². The molecule has 0 fully saturated rings. The molecule has 0 spiro atoms. The van der Waals surface area contributed by atoms with Gasteiger partial charge in [0.05, 0.1) is 5.69 Å². The Labute approximate surface area is 188 Å². The Hall–Kier alpha value is -3.64. The van der Waals surface area contributed by atoms with Gasteiger partial charge in [0.2, 0.25) is 0 Å². The van der Waals surface area contributed by atoms with E-state index >= 15 is 0 Å². The normalized spacial score (nSPS) is 12.4. The summed E-state index contributed by atoms with van der Waals surface area (Å²) in [6.07, 6.45) is 0. The molecule has 0 bridgehead atoms. The van der Waals surface area contributed by atoms with Crippen molar-refractivity contribution in [2.45, 2.75) is 0 Å². The number of rotatable bonds is 5. The molecule has 168 valence electrons. The molecule has 4 aromatic carbocycles. The maximum Gasteiger partial charge on any atom is 0.446 e. The molecule has 5 aromatic rings. The van der Waals surface area contributed by atoms with Crippen LogP contribution in [0.5, 0.6) is 11.5 Å². The highest BCUT2D eigenvalue weighted by Gasteiger charge is 2.25. The molecular weight excluding hydrogens is 470 g/mol. The molecule has 3 N–H and O–H groups in total. The van der Waals surface area contributed by atoms with Crippen LogP contribution in [0.25, 0.3) is 43.7 Å². The SMILES string of the molecule is O=S(=O)(O)Oc1c(-c2[nH]c3ccccc3c2OS(=O)(=O)O)ccc2cc3ccccc3cc12. The summed E-state index contributed by atoms with van der Waals surface area (Å²) in [5.74, 6) is -0.499. The molecule has 5 rings (SSSR count). The molecular formula is C22H15NO8S2. The minimum absolute atomic E-state index is 0.0301. The van der Waals surface area contributed by atoms with Crippen molar-refractivity contribution < 1.29 is 34.3 Å². The zero-order chi connectivity index (χ0) is 23.4. The molecule has 0 amide bonds. The van der Waals surface area contributed by atoms with Crippen molar-refractivity contribution in [2.75, 3.05) is 0 Å². The lowest BCUT2D eigenvalue weighted by atomic mass is 9.99. The van der Waals surface area contributed by atoms with E-state index < -0.39 is 20.8 Å². The number of aromatic nitrogens is 1. The van der Waals surface area contributed by atoms with Crippen molar-refractivity contribution in [3.63, 3.8) is 0 Å². The molecule has 0 aliphatic carbocycles. The lowest BCUT2D eigenvalue weighted by molar-refractivity contribution is 0.384. The highest BCUT2D eigenvalue weighted by molar-refractivity contribution is 7.81. The second kappa shape index (κ2) is 7.46. The number of fused-ring (bicyclic) bond motifs is 3. The predicted octanol–water partition coefficient (Wildman–Crippen LogP) is 4.50. The summed E-state index contributed by atoms with van der Waals surface area (Å²) >= 11 is 0. The molecule has 11 heteroatoms. The van der Waals surface area contributed by atoms with Gasteiger partial charge in [-0.25, -0.2) is 0 Å². The summed E-state index contributed by atoms with van der Waals surface area (Å²) in [5.41, 5.74) is 0.579. The van der Waals surface area contributed by atoms with Gasteiger partial charge in [0.15, 0.2) is 11.5 Å². The Kier molecular flexibility index (Phi) is 4.79. The molecule has 33 heavy (non-hydrogen) atoms. The monoisotopic (exact) mass is 485 g/mol. The van der Waals surface area contributed by atoms with Gasteiger partial charge in [-0.1, -0.05) is 42.5 Å². The van der Waals surface area contributed by atoms with E-state index in [-0.39, 0.29) is 22.8 Å². The number of para-hydroxylation sites is 1. The van der Waals surface area contributed by atoms with Gasteiger partial charge >= 0.3 is 20.8 Å². The van der Waals surface area contributed by atoms with Gasteiger partial charge in [0, 0.05) is 21.9 Å². The minimum Gasteiger partial charge on any atom is -0.360 e. The van der Waals surface area contributed by atoms with Crippen LogP contribution in [0.2, 0.25) is 0 Å². The largest absolute Gasteiger partial charge is 0.446 e. The fourth-order valence-electron chi connectivity index (χ4n) is 3.88. The molecule has 0 saturated heterocycles. The van der Waals surface area contributed by atoms with Crippen molar-refractivity contribution in [3.8, 4) is 22.8 Å². The Bertz CT molecular complexity index is 1770. The van der Waals surface area contributed by atoms with Gasteiger partial charge in [0.25, 0.3) is 0 Å². The Balaban J connectivity index is 1.88. The molecule has 0 atom stereocenters. The Morgan fingerprint density at radius 2 is 1.24 bits per heavy atom. The summed E-state index contributed by atoms with van der Waals surface area (Å²) in [4.78, 5) is 2.97. The van der Waals surface area contributed by atoms with Crippen LogP contribution in [0.4, 0.5) is 0 Å². The zero-order valence-electron chi connectivity index (χ0n) is 16.6. The van der Waals surface area contributed by atoms with E-state index in [0.29, 0.717) is 21.7 Å². The maximum atomic E-state index is 11.7. The van der Waals surface area contributed by atoms with E-state index in [1.807, 2.05) is 30.3 Å². The summed E-state index contributed by atoms with van der Waals surface area (Å²) in [5, 5.41) is 2.97. The molecule has 0 unspecified atom stereocenters. The second-order valence-corrected chi connectivity index (χ2v) is 9.30. The zero-order valence-corrected chi connectivity index (χ0v) is 18.2. The highest BCUT2D eigenvalue weighted by atomic mass is 32.3. The van der Waals surface area contributed by atoms with Crippen LogP contribution in [0.15, 0.2) is 72.8 Å². The maximum absolute atomic E-state index is 11.7. The molecule has 1 heterocycles. The van der Waals surface area contributed by atoms with Crippen LogP contribution < -0.4 is 8.37 Å². The van der Waals surface area contributed by atoms with Gasteiger partial charge in [-0.15, -0.1) is 0 Å². The average molecular weight is 485 g/mol. The summed E-state index contributed by atoms with van der Waals surface area (Å²) in [6.45, 7) is 0. The van der Waals surface area contributed by atoms with E-state index in [1.54, 1.807) is 36.4 Å². The first kappa shape index (κ1) is 21.2. The average Bonchev–Trinajstić information content (AvgIpc) is 3.08. The first-order valence-electron chi connectivity index (χ1n) is 9.49. The summed E-state index contributed by atoms with van der Waals surface area (Å²) in [6, 6.07) is 20.7. The second-order valence-electron chi connectivity index (χ2n) is 7.26. The quantitative estimate of drug-likeness (QED) is 0.244. The number of aromatic amines is 1. The summed E-state index contributed by atoms with van der Waals surface area (Å²) < 4.78 is 75.2. The fourth-order valence-corrected chi connectivity index (χ4v) is 4.65. The molecule has 0 aliphatic heterocycles. The number of benzene rings is 4. The lowest BCUT2D eigenvalue weighted by Crippen LogP contribution is -2.09. The van der Waals surface area contributed by atoms with Crippen molar-refractivity contribution in [1.29, 1.82) is 0 Å². The van der Waals surface area contributed by atoms with Crippen LogP contribution in [0, 0.1) is 0 Å². The van der Waals surface area contributed by atoms with Gasteiger partial charge in [-0.2, -0.15) is 16.8 Å². The molecule has 0 radical (unpaired) electrons. The lowest BCUT2D eigenvalue weighted by Gasteiger charge is -2.13. The smallest absolute Gasteiger partial charge is 0.360 e. The van der Waals surface area contributed by atoms with Crippen molar-refractivity contribution in [3.05, 3.63) is 72.8 Å². The number of nitrogens with one attached hydrogen (secondary N) is 1. The standard InChI is InChI=1S/C22H15NO8S2/c24-32(25,26)30-21-17(10-9-15-11-13-5-1-2-6-14(13)12-18(15)21)20-22(31-33(27,28)29)16-7-3-4-8-19(16)23-20/h1-12,23H,(H,24,25,26)(H,27,28,29). The molecule has 0 aliphatic rings. The van der Waals surface area contributed by atoms with Crippen molar-refractivity contribution >= 4 is 53.2 Å². The molecule has 1 aromatic heterocycles. The van der Waals surface area contributed by atoms with Crippen molar-refractivity contribution in [1.82, 2.24) is 4.98 Å². The first-order chi connectivity index (χ1) is 15.6. The molecule has 0 saturated carbocycles. The van der Waals surface area contributed by atoms with Gasteiger partial charge in [-0.3, -0.25) is 9.11 Å². The van der Waals surface area contributed by atoms with Gasteiger partial charge in [0.1, 0.15) is 0 Å². The van der Waals surface area contributed by atoms with Crippen LogP contribution in [0.3, 0.4) is 0 Å². The summed E-state index contributed by atoms with van der Waals surface area (Å²) in [7, 11) is -9.87. The van der Waals surface area contributed by atoms with Crippen LogP contribution in [0.1, 0.15) is 0 Å². The van der Waals surface area contributed by atoms with Gasteiger partial charge in [-0.05, 0) is 46.5 Å². The molecule has 9 nitrogen and oxygen atoms in total. The third-order valence-corrected chi connectivity index (χ3v) is 5.90. The van der Waals surface area contributed by atoms with E-state index in [1.165, 1.54) is 6.07 Å². The topological polar surface area (TPSA) is 143 Å². The van der Waals surface area contributed by atoms with Gasteiger partial charge < -0.3 is 13.4 Å². The highest BCUT2D eigenvalue weighted by Crippen LogP contribution is 2.45. The first-order valence-corrected chi connectivity index (χ1v) is 12.2.